The van der Waals surface area contributed by atoms with Crippen molar-refractivity contribution in [3.05, 3.63) is 58.9 Å². The van der Waals surface area contributed by atoms with E-state index in [2.05, 4.69) is 4.98 Å². The van der Waals surface area contributed by atoms with Crippen molar-refractivity contribution in [1.82, 2.24) is 4.98 Å². The van der Waals surface area contributed by atoms with E-state index >= 15 is 0 Å². The number of benzene rings is 1. The van der Waals surface area contributed by atoms with Crippen molar-refractivity contribution in [2.24, 2.45) is 0 Å². The molecule has 6 heteroatoms. The lowest BCUT2D eigenvalue weighted by Gasteiger charge is -2.16. The van der Waals surface area contributed by atoms with E-state index in [-0.39, 0.29) is 17.8 Å². The Hall–Kier alpha value is -2.63. The molecule has 1 aromatic carbocycles. The molecule has 2 aromatic rings. The minimum Gasteiger partial charge on any atom is -0.299 e. The molecule has 0 saturated heterocycles. The molecule has 0 unspecified atom stereocenters. The van der Waals surface area contributed by atoms with Crippen LogP contribution in [0.15, 0.2) is 30.3 Å². The molecular weight excluding hydrogens is 278 g/mol. The summed E-state index contributed by atoms with van der Waals surface area (Å²) in [6.45, 7) is 1.77. The molecule has 1 aliphatic rings. The lowest BCUT2D eigenvalue weighted by molar-refractivity contribution is -0.114. The molecule has 4 nitrogen and oxygen atoms in total. The Balaban J connectivity index is 2.05. The third-order valence-electron chi connectivity index (χ3n) is 3.26. The number of anilines is 1. The van der Waals surface area contributed by atoms with Gasteiger partial charge in [-0.2, -0.15) is 0 Å². The van der Waals surface area contributed by atoms with E-state index in [9.17, 15) is 18.4 Å². The van der Waals surface area contributed by atoms with Gasteiger partial charge < -0.3 is 0 Å². The molecule has 0 N–H and O–H groups in total. The number of hydrogen-bond donors (Lipinski definition) is 0. The second kappa shape index (κ2) is 4.73. The van der Waals surface area contributed by atoms with Crippen molar-refractivity contribution in [2.45, 2.75) is 13.5 Å². The number of halogens is 2. The summed E-state index contributed by atoms with van der Waals surface area (Å²) in [5, 5.41) is 0. The number of Topliss-reactive ketones (excluding diaryl/α,β-unsaturated/α-hetero) is 1. The summed E-state index contributed by atoms with van der Waals surface area (Å²) < 4.78 is 27.0. The number of hydrogen-bond acceptors (Lipinski definition) is 3. The molecule has 0 atom stereocenters. The maximum absolute atomic E-state index is 13.7. The number of ketones is 1. The average Bonchev–Trinajstić information content (AvgIpc) is 2.64. The summed E-state index contributed by atoms with van der Waals surface area (Å²) in [5.74, 6) is -3.70. The Morgan fingerprint density at radius 3 is 2.67 bits per heavy atom. The molecule has 0 fully saturated rings. The number of aryl methyl sites for hydroxylation is 1. The predicted molar refractivity (Wildman–Crippen MR) is 70.9 cm³/mol. The summed E-state index contributed by atoms with van der Waals surface area (Å²) in [6, 6.07) is 6.80. The van der Waals surface area contributed by atoms with Crippen LogP contribution in [0.4, 0.5) is 14.5 Å². The normalized spacial score (nSPS) is 13.8. The summed E-state index contributed by atoms with van der Waals surface area (Å²) in [5.41, 5.74) is 0.852. The maximum Gasteiger partial charge on any atom is 0.299 e. The Kier molecular flexibility index (Phi) is 3.01. The second-order valence-electron chi connectivity index (χ2n) is 4.77. The van der Waals surface area contributed by atoms with Crippen LogP contribution >= 0.6 is 0 Å². The average molecular weight is 288 g/mol. The van der Waals surface area contributed by atoms with Gasteiger partial charge in [0.25, 0.3) is 11.7 Å². The van der Waals surface area contributed by atoms with Crippen LogP contribution in [0.2, 0.25) is 0 Å². The Morgan fingerprint density at radius 1 is 1.19 bits per heavy atom. The molecule has 2 heterocycles. The predicted octanol–water partition coefficient (Wildman–Crippen LogP) is 2.40. The zero-order chi connectivity index (χ0) is 15.1. The van der Waals surface area contributed by atoms with Gasteiger partial charge in [0, 0.05) is 11.8 Å². The van der Waals surface area contributed by atoms with Crippen LogP contribution < -0.4 is 4.90 Å². The number of nitrogens with zero attached hydrogens (tertiary/aromatic N) is 2. The van der Waals surface area contributed by atoms with E-state index in [1.165, 1.54) is 0 Å². The lowest BCUT2D eigenvalue weighted by atomic mass is 10.1. The van der Waals surface area contributed by atoms with Gasteiger partial charge in [0.2, 0.25) is 0 Å². The fraction of sp³-hybridized carbons (Fsp3) is 0.133. The fourth-order valence-corrected chi connectivity index (χ4v) is 2.34. The third kappa shape index (κ3) is 2.18. The van der Waals surface area contributed by atoms with Crippen molar-refractivity contribution in [3.8, 4) is 0 Å². The monoisotopic (exact) mass is 288 g/mol. The van der Waals surface area contributed by atoms with Crippen LogP contribution in [-0.2, 0) is 11.3 Å². The molecule has 3 rings (SSSR count). The first kappa shape index (κ1) is 13.4. The summed E-state index contributed by atoms with van der Waals surface area (Å²) in [4.78, 5) is 29.1. The van der Waals surface area contributed by atoms with Gasteiger partial charge in [-0.25, -0.2) is 8.78 Å². The molecule has 0 radical (unpaired) electrons. The van der Waals surface area contributed by atoms with Crippen LogP contribution in [0.5, 0.6) is 0 Å². The van der Waals surface area contributed by atoms with Crippen molar-refractivity contribution in [1.29, 1.82) is 0 Å². The molecule has 106 valence electrons. The van der Waals surface area contributed by atoms with Gasteiger partial charge in [-0.05, 0) is 25.1 Å². The van der Waals surface area contributed by atoms with Gasteiger partial charge in [-0.1, -0.05) is 6.07 Å². The highest BCUT2D eigenvalue weighted by Gasteiger charge is 2.38. The van der Waals surface area contributed by atoms with Gasteiger partial charge in [0.1, 0.15) is 11.6 Å². The first-order valence-electron chi connectivity index (χ1n) is 6.25. The highest BCUT2D eigenvalue weighted by Crippen LogP contribution is 2.32. The Labute approximate surface area is 119 Å². The van der Waals surface area contributed by atoms with Crippen LogP contribution in [0.3, 0.4) is 0 Å². The third-order valence-corrected chi connectivity index (χ3v) is 3.26. The van der Waals surface area contributed by atoms with Gasteiger partial charge in [-0.15, -0.1) is 0 Å². The number of amides is 1. The fourth-order valence-electron chi connectivity index (χ4n) is 2.34. The molecule has 0 spiro atoms. The minimum absolute atomic E-state index is 0.0118. The topological polar surface area (TPSA) is 50.3 Å². The van der Waals surface area contributed by atoms with Gasteiger partial charge >= 0.3 is 0 Å². The number of pyridine rings is 1. The molecule has 0 bridgehead atoms. The van der Waals surface area contributed by atoms with Gasteiger partial charge in [-0.3, -0.25) is 19.5 Å². The van der Waals surface area contributed by atoms with E-state index in [0.29, 0.717) is 11.8 Å². The zero-order valence-corrected chi connectivity index (χ0v) is 11.1. The summed E-state index contributed by atoms with van der Waals surface area (Å²) in [7, 11) is 0. The highest BCUT2D eigenvalue weighted by molar-refractivity contribution is 6.52. The molecule has 1 aliphatic heterocycles. The number of fused-ring (bicyclic) bond motifs is 1. The largest absolute Gasteiger partial charge is 0.299 e. The van der Waals surface area contributed by atoms with Crippen LogP contribution in [-0.4, -0.2) is 16.7 Å². The molecule has 1 amide bonds. The van der Waals surface area contributed by atoms with E-state index in [1.54, 1.807) is 25.1 Å². The van der Waals surface area contributed by atoms with Crippen molar-refractivity contribution in [2.75, 3.05) is 4.90 Å². The Bertz CT molecular complexity index is 774. The standard InChI is InChI=1S/C15H10F2N2O2/c1-8-3-2-4-10(18-8)7-19-12-6-9(16)5-11(17)13(12)14(20)15(19)21/h2-6H,7H2,1H3. The molecular formula is C15H10F2N2O2. The highest BCUT2D eigenvalue weighted by atomic mass is 19.1. The summed E-state index contributed by atoms with van der Waals surface area (Å²) in [6.07, 6.45) is 0. The lowest BCUT2D eigenvalue weighted by Crippen LogP contribution is -2.29. The van der Waals surface area contributed by atoms with Crippen molar-refractivity contribution in [3.63, 3.8) is 0 Å². The smallest absolute Gasteiger partial charge is 0.299 e. The minimum atomic E-state index is -1.02. The SMILES string of the molecule is Cc1cccc(CN2C(=O)C(=O)c3c(F)cc(F)cc32)n1. The van der Waals surface area contributed by atoms with Crippen molar-refractivity contribution >= 4 is 17.4 Å². The van der Waals surface area contributed by atoms with Crippen molar-refractivity contribution < 1.29 is 18.4 Å². The Morgan fingerprint density at radius 2 is 1.95 bits per heavy atom. The van der Waals surface area contributed by atoms with Gasteiger partial charge in [0.15, 0.2) is 0 Å². The number of carbonyl (C=O) groups is 2. The van der Waals surface area contributed by atoms with E-state index in [0.717, 1.165) is 16.7 Å². The maximum atomic E-state index is 13.7. The summed E-state index contributed by atoms with van der Waals surface area (Å²) >= 11 is 0. The van der Waals surface area contributed by atoms with E-state index < -0.39 is 23.3 Å². The molecule has 0 saturated carbocycles. The quantitative estimate of drug-likeness (QED) is 0.797. The number of aromatic nitrogens is 1. The zero-order valence-electron chi connectivity index (χ0n) is 11.1. The first-order chi connectivity index (χ1) is 9.97. The molecule has 21 heavy (non-hydrogen) atoms. The van der Waals surface area contributed by atoms with Crippen LogP contribution in [0, 0.1) is 18.6 Å². The molecule has 0 aliphatic carbocycles. The van der Waals surface area contributed by atoms with Gasteiger partial charge in [0.05, 0.1) is 23.5 Å². The van der Waals surface area contributed by atoms with E-state index in [1.807, 2.05) is 0 Å². The number of rotatable bonds is 2. The molecule has 1 aromatic heterocycles. The number of carbonyl (C=O) groups excluding carboxylic acids is 2. The second-order valence-corrected chi connectivity index (χ2v) is 4.77. The van der Waals surface area contributed by atoms with Crippen LogP contribution in [0.25, 0.3) is 0 Å². The van der Waals surface area contributed by atoms with E-state index in [4.69, 9.17) is 0 Å². The first-order valence-corrected chi connectivity index (χ1v) is 6.25. The van der Waals surface area contributed by atoms with Crippen LogP contribution in [0.1, 0.15) is 21.7 Å².